The monoisotopic (exact) mass is 301 g/mol. The maximum absolute atomic E-state index is 12.3. The number of thiazole rings is 1. The topological polar surface area (TPSA) is 45.2 Å². The van der Waals surface area contributed by atoms with Crippen molar-refractivity contribution in [1.82, 2.24) is 9.88 Å². The Morgan fingerprint density at radius 1 is 1.43 bits per heavy atom. The maximum atomic E-state index is 12.3. The van der Waals surface area contributed by atoms with Crippen LogP contribution in [0, 0.1) is 0 Å². The third-order valence-electron chi connectivity index (χ3n) is 3.90. The fourth-order valence-corrected chi connectivity index (χ4v) is 3.43. The van der Waals surface area contributed by atoms with Crippen LogP contribution in [0.25, 0.3) is 10.6 Å². The van der Waals surface area contributed by atoms with E-state index in [1.54, 1.807) is 17.5 Å². The van der Waals surface area contributed by atoms with E-state index in [-0.39, 0.29) is 11.9 Å². The number of nitrogens with one attached hydrogen (secondary N) is 1. The highest BCUT2D eigenvalue weighted by Crippen LogP contribution is 2.24. The Morgan fingerprint density at radius 2 is 2.24 bits per heavy atom. The second-order valence-corrected chi connectivity index (χ2v) is 6.09. The number of anilines is 1. The molecular weight excluding hydrogens is 282 g/mol. The Kier molecular flexibility index (Phi) is 4.31. The van der Waals surface area contributed by atoms with E-state index >= 15 is 0 Å². The standard InChI is InChI=1S/C16H19N3OS/c1-2-19-10-3-4-14(19)15(20)18-13-7-5-12(6-8-13)16-17-9-11-21-16/h5-9,11,14H,2-4,10H2,1H3,(H,18,20). The van der Waals surface area contributed by atoms with E-state index in [1.165, 1.54) is 0 Å². The van der Waals surface area contributed by atoms with Crippen molar-refractivity contribution in [1.29, 1.82) is 0 Å². The van der Waals surface area contributed by atoms with E-state index in [4.69, 9.17) is 0 Å². The molecule has 4 nitrogen and oxygen atoms in total. The molecule has 2 aromatic rings. The van der Waals surface area contributed by atoms with Crippen LogP contribution in [0.2, 0.25) is 0 Å². The van der Waals surface area contributed by atoms with Crippen molar-refractivity contribution in [3.05, 3.63) is 35.8 Å². The average Bonchev–Trinajstić information content (AvgIpc) is 3.19. The molecule has 2 heterocycles. The van der Waals surface area contributed by atoms with E-state index in [9.17, 15) is 4.79 Å². The van der Waals surface area contributed by atoms with Gasteiger partial charge in [-0.25, -0.2) is 4.98 Å². The summed E-state index contributed by atoms with van der Waals surface area (Å²) in [7, 11) is 0. The van der Waals surface area contributed by atoms with E-state index < -0.39 is 0 Å². The fraction of sp³-hybridized carbons (Fsp3) is 0.375. The lowest BCUT2D eigenvalue weighted by molar-refractivity contribution is -0.120. The Balaban J connectivity index is 1.66. The van der Waals surface area contributed by atoms with Crippen LogP contribution in [0.5, 0.6) is 0 Å². The zero-order valence-corrected chi connectivity index (χ0v) is 12.9. The molecule has 3 rings (SSSR count). The number of likely N-dealkylation sites (N-methyl/N-ethyl adjacent to an activating group) is 1. The highest BCUT2D eigenvalue weighted by Gasteiger charge is 2.29. The SMILES string of the molecule is CCN1CCCC1C(=O)Nc1ccc(-c2nccs2)cc1. The number of likely N-dealkylation sites (tertiary alicyclic amines) is 1. The molecule has 1 aromatic heterocycles. The summed E-state index contributed by atoms with van der Waals surface area (Å²) in [4.78, 5) is 18.9. The molecule has 0 bridgehead atoms. The zero-order chi connectivity index (χ0) is 14.7. The molecule has 0 radical (unpaired) electrons. The highest BCUT2D eigenvalue weighted by atomic mass is 32.1. The molecule has 1 unspecified atom stereocenters. The van der Waals surface area contributed by atoms with Gasteiger partial charge in [0.25, 0.3) is 0 Å². The summed E-state index contributed by atoms with van der Waals surface area (Å²) in [5, 5.41) is 5.99. The first kappa shape index (κ1) is 14.2. The van der Waals surface area contributed by atoms with Gasteiger partial charge in [0.15, 0.2) is 0 Å². The molecule has 1 N–H and O–H groups in total. The molecule has 0 saturated carbocycles. The lowest BCUT2D eigenvalue weighted by Crippen LogP contribution is -2.39. The minimum Gasteiger partial charge on any atom is -0.325 e. The van der Waals surface area contributed by atoms with Gasteiger partial charge >= 0.3 is 0 Å². The zero-order valence-electron chi connectivity index (χ0n) is 12.1. The van der Waals surface area contributed by atoms with Crippen LogP contribution in [0.3, 0.4) is 0 Å². The molecule has 5 heteroatoms. The number of rotatable bonds is 4. The number of hydrogen-bond donors (Lipinski definition) is 1. The molecule has 1 amide bonds. The Hall–Kier alpha value is -1.72. The summed E-state index contributed by atoms with van der Waals surface area (Å²) >= 11 is 1.61. The minimum atomic E-state index is 0.0219. The van der Waals surface area contributed by atoms with Gasteiger partial charge in [-0.1, -0.05) is 6.92 Å². The van der Waals surface area contributed by atoms with Gasteiger partial charge in [0.1, 0.15) is 5.01 Å². The van der Waals surface area contributed by atoms with E-state index in [1.807, 2.05) is 29.6 Å². The molecule has 1 aromatic carbocycles. The van der Waals surface area contributed by atoms with Crippen molar-refractivity contribution in [3.8, 4) is 10.6 Å². The van der Waals surface area contributed by atoms with Gasteiger partial charge in [0.2, 0.25) is 5.91 Å². The molecule has 21 heavy (non-hydrogen) atoms. The van der Waals surface area contributed by atoms with Crippen LogP contribution < -0.4 is 5.32 Å². The maximum Gasteiger partial charge on any atom is 0.241 e. The molecule has 1 aliphatic rings. The van der Waals surface area contributed by atoms with Crippen LogP contribution in [-0.2, 0) is 4.79 Å². The Morgan fingerprint density at radius 3 is 2.90 bits per heavy atom. The van der Waals surface area contributed by atoms with Gasteiger partial charge in [0.05, 0.1) is 6.04 Å². The number of aromatic nitrogens is 1. The lowest BCUT2D eigenvalue weighted by atomic mass is 10.2. The number of carbonyl (C=O) groups is 1. The third-order valence-corrected chi connectivity index (χ3v) is 4.73. The van der Waals surface area contributed by atoms with Crippen molar-refractivity contribution >= 4 is 22.9 Å². The summed E-state index contributed by atoms with van der Waals surface area (Å²) < 4.78 is 0. The number of hydrogen-bond acceptors (Lipinski definition) is 4. The first-order valence-corrected chi connectivity index (χ1v) is 8.20. The number of amides is 1. The summed E-state index contributed by atoms with van der Waals surface area (Å²) in [6.45, 7) is 4.06. The fourth-order valence-electron chi connectivity index (χ4n) is 2.79. The minimum absolute atomic E-state index is 0.0219. The predicted molar refractivity (Wildman–Crippen MR) is 86.4 cm³/mol. The molecule has 110 valence electrons. The predicted octanol–water partition coefficient (Wildman–Crippen LogP) is 3.23. The van der Waals surface area contributed by atoms with E-state index in [0.717, 1.165) is 42.2 Å². The Labute approximate surface area is 128 Å². The van der Waals surface area contributed by atoms with Gasteiger partial charge in [-0.15, -0.1) is 11.3 Å². The van der Waals surface area contributed by atoms with Gasteiger partial charge < -0.3 is 5.32 Å². The first-order valence-electron chi connectivity index (χ1n) is 7.33. The Bertz CT molecular complexity index is 594. The van der Waals surface area contributed by atoms with Crippen LogP contribution in [-0.4, -0.2) is 34.9 Å². The number of benzene rings is 1. The summed E-state index contributed by atoms with van der Waals surface area (Å²) in [5.74, 6) is 0.108. The summed E-state index contributed by atoms with van der Waals surface area (Å²) in [5.41, 5.74) is 1.93. The van der Waals surface area contributed by atoms with Gasteiger partial charge in [-0.3, -0.25) is 9.69 Å². The van der Waals surface area contributed by atoms with Crippen molar-refractivity contribution in [2.45, 2.75) is 25.8 Å². The smallest absolute Gasteiger partial charge is 0.241 e. The molecule has 0 aliphatic carbocycles. The van der Waals surface area contributed by atoms with E-state index in [2.05, 4.69) is 22.1 Å². The highest BCUT2D eigenvalue weighted by molar-refractivity contribution is 7.13. The van der Waals surface area contributed by atoms with Crippen LogP contribution in [0.1, 0.15) is 19.8 Å². The van der Waals surface area contributed by atoms with Crippen molar-refractivity contribution in [2.75, 3.05) is 18.4 Å². The molecule has 1 saturated heterocycles. The lowest BCUT2D eigenvalue weighted by Gasteiger charge is -2.21. The van der Waals surface area contributed by atoms with Crippen LogP contribution >= 0.6 is 11.3 Å². The normalized spacial score (nSPS) is 18.8. The molecule has 1 aliphatic heterocycles. The van der Waals surface area contributed by atoms with Crippen LogP contribution in [0.4, 0.5) is 5.69 Å². The van der Waals surface area contributed by atoms with Gasteiger partial charge in [0, 0.05) is 22.8 Å². The van der Waals surface area contributed by atoms with Gasteiger partial charge in [-0.05, 0) is 50.2 Å². The summed E-state index contributed by atoms with van der Waals surface area (Å²) in [6.07, 6.45) is 3.86. The first-order chi connectivity index (χ1) is 10.3. The molecule has 1 atom stereocenters. The van der Waals surface area contributed by atoms with Gasteiger partial charge in [-0.2, -0.15) is 0 Å². The van der Waals surface area contributed by atoms with Crippen molar-refractivity contribution in [3.63, 3.8) is 0 Å². The van der Waals surface area contributed by atoms with E-state index in [0.29, 0.717) is 0 Å². The van der Waals surface area contributed by atoms with Crippen molar-refractivity contribution in [2.24, 2.45) is 0 Å². The largest absolute Gasteiger partial charge is 0.325 e. The number of nitrogens with zero attached hydrogens (tertiary/aromatic N) is 2. The van der Waals surface area contributed by atoms with Crippen LogP contribution in [0.15, 0.2) is 35.8 Å². The second kappa shape index (κ2) is 6.37. The second-order valence-electron chi connectivity index (χ2n) is 5.19. The molecular formula is C16H19N3OS. The number of carbonyl (C=O) groups excluding carboxylic acids is 1. The van der Waals surface area contributed by atoms with Crippen molar-refractivity contribution < 1.29 is 4.79 Å². The summed E-state index contributed by atoms with van der Waals surface area (Å²) in [6, 6.07) is 7.91. The third kappa shape index (κ3) is 3.14. The molecule has 0 spiro atoms. The molecule has 1 fully saturated rings. The average molecular weight is 301 g/mol. The quantitative estimate of drug-likeness (QED) is 0.943.